The summed E-state index contributed by atoms with van der Waals surface area (Å²) in [4.78, 5) is 31.7. The molecular formula is C20H22F3N3O4. The van der Waals surface area contributed by atoms with E-state index in [9.17, 15) is 22.8 Å². The summed E-state index contributed by atoms with van der Waals surface area (Å²) in [6.45, 7) is 0.0733. The number of H-pyrrole nitrogens is 1. The number of methoxy groups -OCH3 is 1. The molecule has 3 rings (SSSR count). The Hall–Kier alpha value is -2.88. The lowest BCUT2D eigenvalue weighted by Crippen LogP contribution is -2.33. The standard InChI is InChI=1S/C20H22F3N3O4/c1-29-11-16(12-6-8-14(9-7-12)30-20(21,22)23)25-19(28)15-10-17(27)26-18(24-15)13-4-2-3-5-13/h6-10,13,16H,2-5,11H2,1H3,(H,25,28)(H,24,26,27)/t16-/m1/s1. The van der Waals surface area contributed by atoms with Crippen LogP contribution in [-0.2, 0) is 4.74 Å². The molecule has 1 amide bonds. The smallest absolute Gasteiger partial charge is 0.406 e. The number of nitrogens with zero attached hydrogens (tertiary/aromatic N) is 1. The maximum Gasteiger partial charge on any atom is 0.573 e. The van der Waals surface area contributed by atoms with Gasteiger partial charge in [0.25, 0.3) is 11.5 Å². The van der Waals surface area contributed by atoms with Gasteiger partial charge in [0.05, 0.1) is 12.6 Å². The molecule has 2 aromatic rings. The number of hydrogen-bond acceptors (Lipinski definition) is 5. The lowest BCUT2D eigenvalue weighted by molar-refractivity contribution is -0.274. The van der Waals surface area contributed by atoms with Crippen molar-refractivity contribution in [1.29, 1.82) is 0 Å². The monoisotopic (exact) mass is 425 g/mol. The van der Waals surface area contributed by atoms with Gasteiger partial charge in [-0.25, -0.2) is 4.98 Å². The average Bonchev–Trinajstić information content (AvgIpc) is 3.21. The van der Waals surface area contributed by atoms with Gasteiger partial charge in [0, 0.05) is 19.1 Å². The molecule has 162 valence electrons. The van der Waals surface area contributed by atoms with E-state index >= 15 is 0 Å². The minimum absolute atomic E-state index is 0.0150. The van der Waals surface area contributed by atoms with Crippen molar-refractivity contribution in [3.63, 3.8) is 0 Å². The van der Waals surface area contributed by atoms with E-state index in [1.807, 2.05) is 0 Å². The molecule has 1 aliphatic rings. The molecule has 0 saturated heterocycles. The van der Waals surface area contributed by atoms with E-state index in [0.717, 1.165) is 43.9 Å². The number of benzene rings is 1. The highest BCUT2D eigenvalue weighted by atomic mass is 19.4. The predicted octanol–water partition coefficient (Wildman–Crippen LogP) is 3.44. The number of carbonyl (C=O) groups excluding carboxylic acids is 1. The van der Waals surface area contributed by atoms with Gasteiger partial charge in [-0.3, -0.25) is 9.59 Å². The fraction of sp³-hybridized carbons (Fsp3) is 0.450. The number of alkyl halides is 3. The molecule has 1 fully saturated rings. The van der Waals surface area contributed by atoms with Crippen LogP contribution in [0, 0.1) is 0 Å². The third kappa shape index (κ3) is 5.82. The number of rotatable bonds is 7. The predicted molar refractivity (Wildman–Crippen MR) is 101 cm³/mol. The van der Waals surface area contributed by atoms with Crippen LogP contribution in [0.4, 0.5) is 13.2 Å². The molecule has 0 bridgehead atoms. The summed E-state index contributed by atoms with van der Waals surface area (Å²) in [5.74, 6) is -0.312. The Morgan fingerprint density at radius 2 is 1.93 bits per heavy atom. The van der Waals surface area contributed by atoms with E-state index in [1.54, 1.807) is 0 Å². The van der Waals surface area contributed by atoms with Crippen molar-refractivity contribution in [2.45, 2.75) is 44.0 Å². The van der Waals surface area contributed by atoms with Gasteiger partial charge in [-0.2, -0.15) is 0 Å². The van der Waals surface area contributed by atoms with Gasteiger partial charge in [0.2, 0.25) is 0 Å². The number of hydrogen-bond donors (Lipinski definition) is 2. The van der Waals surface area contributed by atoms with Crippen molar-refractivity contribution in [2.24, 2.45) is 0 Å². The Labute approximate surface area is 170 Å². The lowest BCUT2D eigenvalue weighted by Gasteiger charge is -2.19. The van der Waals surface area contributed by atoms with E-state index in [-0.39, 0.29) is 24.0 Å². The number of aromatic amines is 1. The van der Waals surface area contributed by atoms with Crippen molar-refractivity contribution in [3.8, 4) is 5.75 Å². The normalized spacial score (nSPS) is 15.7. The minimum Gasteiger partial charge on any atom is -0.406 e. The summed E-state index contributed by atoms with van der Waals surface area (Å²) >= 11 is 0. The van der Waals surface area contributed by atoms with Crippen molar-refractivity contribution in [2.75, 3.05) is 13.7 Å². The largest absolute Gasteiger partial charge is 0.573 e. The summed E-state index contributed by atoms with van der Waals surface area (Å²) in [7, 11) is 1.43. The SMILES string of the molecule is COC[C@@H](NC(=O)c1cc(=O)[nH]c(C2CCCC2)n1)c1ccc(OC(F)(F)F)cc1. The Bertz CT molecular complexity index is 922. The van der Waals surface area contributed by atoms with E-state index in [0.29, 0.717) is 11.4 Å². The van der Waals surface area contributed by atoms with Gasteiger partial charge < -0.3 is 19.8 Å². The van der Waals surface area contributed by atoms with Crippen LogP contribution in [0.15, 0.2) is 35.1 Å². The van der Waals surface area contributed by atoms with E-state index < -0.39 is 23.9 Å². The second-order valence-electron chi connectivity index (χ2n) is 7.10. The third-order valence-electron chi connectivity index (χ3n) is 4.89. The third-order valence-corrected chi connectivity index (χ3v) is 4.89. The second-order valence-corrected chi connectivity index (χ2v) is 7.10. The number of halogens is 3. The maximum absolute atomic E-state index is 12.7. The Morgan fingerprint density at radius 3 is 2.53 bits per heavy atom. The first-order valence-electron chi connectivity index (χ1n) is 9.52. The van der Waals surface area contributed by atoms with E-state index in [2.05, 4.69) is 20.0 Å². The Morgan fingerprint density at radius 1 is 1.27 bits per heavy atom. The number of amides is 1. The number of carbonyl (C=O) groups is 1. The topological polar surface area (TPSA) is 93.3 Å². The van der Waals surface area contributed by atoms with Gasteiger partial charge >= 0.3 is 6.36 Å². The fourth-order valence-corrected chi connectivity index (χ4v) is 3.51. The van der Waals surface area contributed by atoms with Crippen LogP contribution in [0.5, 0.6) is 5.75 Å². The van der Waals surface area contributed by atoms with Gasteiger partial charge in [-0.15, -0.1) is 13.2 Å². The van der Waals surface area contributed by atoms with Gasteiger partial charge in [-0.05, 0) is 30.5 Å². The zero-order valence-electron chi connectivity index (χ0n) is 16.3. The van der Waals surface area contributed by atoms with Crippen LogP contribution in [-0.4, -0.2) is 36.0 Å². The molecule has 10 heteroatoms. The fourth-order valence-electron chi connectivity index (χ4n) is 3.51. The van der Waals surface area contributed by atoms with Crippen molar-refractivity contribution in [1.82, 2.24) is 15.3 Å². The van der Waals surface area contributed by atoms with Crippen LogP contribution in [0.1, 0.15) is 59.5 Å². The molecule has 1 aromatic carbocycles. The molecule has 7 nitrogen and oxygen atoms in total. The first-order chi connectivity index (χ1) is 14.2. The summed E-state index contributed by atoms with van der Waals surface area (Å²) in [6, 6.07) is 5.58. The number of ether oxygens (including phenoxy) is 2. The highest BCUT2D eigenvalue weighted by Gasteiger charge is 2.31. The molecule has 2 N–H and O–H groups in total. The maximum atomic E-state index is 12.7. The van der Waals surface area contributed by atoms with E-state index in [4.69, 9.17) is 4.74 Å². The number of nitrogens with one attached hydrogen (secondary N) is 2. The Balaban J connectivity index is 1.76. The van der Waals surface area contributed by atoms with Crippen LogP contribution in [0.2, 0.25) is 0 Å². The van der Waals surface area contributed by atoms with Crippen molar-refractivity contribution >= 4 is 5.91 Å². The first kappa shape index (κ1) is 21.8. The van der Waals surface area contributed by atoms with Gasteiger partial charge in [0.1, 0.15) is 17.3 Å². The second kappa shape index (κ2) is 9.29. The van der Waals surface area contributed by atoms with Crippen molar-refractivity contribution < 1.29 is 27.4 Å². The molecule has 1 atom stereocenters. The van der Waals surface area contributed by atoms with Crippen LogP contribution >= 0.6 is 0 Å². The average molecular weight is 425 g/mol. The molecule has 1 heterocycles. The van der Waals surface area contributed by atoms with E-state index in [1.165, 1.54) is 19.2 Å². The van der Waals surface area contributed by atoms with Crippen LogP contribution in [0.3, 0.4) is 0 Å². The first-order valence-corrected chi connectivity index (χ1v) is 9.52. The van der Waals surface area contributed by atoms with Gasteiger partial charge in [0.15, 0.2) is 0 Å². The Kier molecular flexibility index (Phi) is 6.76. The van der Waals surface area contributed by atoms with Crippen LogP contribution < -0.4 is 15.6 Å². The molecule has 0 aliphatic heterocycles. The molecule has 0 radical (unpaired) electrons. The molecule has 0 unspecified atom stereocenters. The molecule has 0 spiro atoms. The number of aromatic nitrogens is 2. The molecule has 30 heavy (non-hydrogen) atoms. The zero-order valence-corrected chi connectivity index (χ0v) is 16.3. The molecular weight excluding hydrogens is 403 g/mol. The van der Waals surface area contributed by atoms with Crippen molar-refractivity contribution in [3.05, 3.63) is 57.8 Å². The van der Waals surface area contributed by atoms with Crippen LogP contribution in [0.25, 0.3) is 0 Å². The summed E-state index contributed by atoms with van der Waals surface area (Å²) in [5.41, 5.74) is 0.0911. The summed E-state index contributed by atoms with van der Waals surface area (Å²) < 4.78 is 45.9. The summed E-state index contributed by atoms with van der Waals surface area (Å²) in [6.07, 6.45) is -0.867. The minimum atomic E-state index is -4.79. The highest BCUT2D eigenvalue weighted by molar-refractivity contribution is 5.92. The lowest BCUT2D eigenvalue weighted by atomic mass is 10.1. The molecule has 1 saturated carbocycles. The highest BCUT2D eigenvalue weighted by Crippen LogP contribution is 2.31. The molecule has 1 aliphatic carbocycles. The summed E-state index contributed by atoms with van der Waals surface area (Å²) in [5, 5.41) is 2.72. The molecule has 1 aromatic heterocycles. The van der Waals surface area contributed by atoms with Gasteiger partial charge in [-0.1, -0.05) is 25.0 Å². The quantitative estimate of drug-likeness (QED) is 0.709. The zero-order chi connectivity index (χ0) is 21.7.